The third kappa shape index (κ3) is 4.11. The van der Waals surface area contributed by atoms with Crippen molar-refractivity contribution in [2.75, 3.05) is 12.4 Å². The van der Waals surface area contributed by atoms with Crippen molar-refractivity contribution in [3.8, 4) is 11.4 Å². The Morgan fingerprint density at radius 1 is 1.17 bits per heavy atom. The molecule has 0 atom stereocenters. The van der Waals surface area contributed by atoms with Crippen molar-refractivity contribution in [3.05, 3.63) is 58.6 Å². The number of hydrogen-bond donors (Lipinski definition) is 0. The fraction of sp³-hybridized carbons (Fsp3) is 0.188. The first-order valence-electron chi connectivity index (χ1n) is 7.09. The second-order valence-electron chi connectivity index (χ2n) is 4.81. The Morgan fingerprint density at radius 3 is 2.87 bits per heavy atom. The van der Waals surface area contributed by atoms with E-state index in [4.69, 9.17) is 4.74 Å². The highest BCUT2D eigenvalue weighted by atomic mass is 79.9. The topological polar surface area (TPSA) is 52.8 Å². The van der Waals surface area contributed by atoms with E-state index in [-0.39, 0.29) is 0 Å². The van der Waals surface area contributed by atoms with Crippen molar-refractivity contribution in [2.24, 2.45) is 0 Å². The van der Waals surface area contributed by atoms with Crippen molar-refractivity contribution < 1.29 is 4.74 Å². The van der Waals surface area contributed by atoms with Gasteiger partial charge < -0.3 is 4.74 Å². The summed E-state index contributed by atoms with van der Waals surface area (Å²) in [7, 11) is 0. The number of ether oxygens (including phenoxy) is 1. The van der Waals surface area contributed by atoms with Crippen molar-refractivity contribution in [3.63, 3.8) is 0 Å². The average molecular weight is 391 g/mol. The van der Waals surface area contributed by atoms with E-state index in [9.17, 15) is 0 Å². The van der Waals surface area contributed by atoms with Gasteiger partial charge in [-0.2, -0.15) is 4.68 Å². The van der Waals surface area contributed by atoms with E-state index in [1.165, 1.54) is 0 Å². The first kappa shape index (κ1) is 16.0. The summed E-state index contributed by atoms with van der Waals surface area (Å²) in [5.74, 6) is 1.61. The largest absolute Gasteiger partial charge is 0.493 e. The van der Waals surface area contributed by atoms with Crippen LogP contribution in [0.15, 0.2) is 58.2 Å². The van der Waals surface area contributed by atoms with Crippen LogP contribution in [0.1, 0.15) is 5.56 Å². The summed E-state index contributed by atoms with van der Waals surface area (Å²) >= 11 is 5.00. The molecule has 1 heterocycles. The van der Waals surface area contributed by atoms with Gasteiger partial charge in [0.05, 0.1) is 12.3 Å². The van der Waals surface area contributed by atoms with Gasteiger partial charge in [-0.3, -0.25) is 0 Å². The third-order valence-electron chi connectivity index (χ3n) is 3.16. The van der Waals surface area contributed by atoms with Gasteiger partial charge in [-0.05, 0) is 47.2 Å². The van der Waals surface area contributed by atoms with E-state index in [0.29, 0.717) is 6.61 Å². The molecule has 0 fully saturated rings. The molecule has 2 aromatic carbocycles. The van der Waals surface area contributed by atoms with Gasteiger partial charge in [-0.25, -0.2) is 0 Å². The molecule has 0 unspecified atom stereocenters. The van der Waals surface area contributed by atoms with Crippen molar-refractivity contribution >= 4 is 27.7 Å². The lowest BCUT2D eigenvalue weighted by Crippen LogP contribution is -2.04. The minimum absolute atomic E-state index is 0.585. The summed E-state index contributed by atoms with van der Waals surface area (Å²) in [5.41, 5.74) is 2.12. The number of halogens is 1. The fourth-order valence-electron chi connectivity index (χ4n) is 2.07. The van der Waals surface area contributed by atoms with Crippen LogP contribution in [-0.4, -0.2) is 32.6 Å². The molecule has 3 aromatic rings. The predicted molar refractivity (Wildman–Crippen MR) is 94.3 cm³/mol. The zero-order chi connectivity index (χ0) is 16.1. The van der Waals surface area contributed by atoms with Gasteiger partial charge in [0.25, 0.3) is 0 Å². The van der Waals surface area contributed by atoms with E-state index in [0.717, 1.165) is 32.4 Å². The normalized spacial score (nSPS) is 10.7. The molecule has 0 aliphatic rings. The first-order valence-corrected chi connectivity index (χ1v) is 8.87. The minimum Gasteiger partial charge on any atom is -0.493 e. The van der Waals surface area contributed by atoms with Crippen LogP contribution in [0.5, 0.6) is 5.75 Å². The highest BCUT2D eigenvalue weighted by Crippen LogP contribution is 2.21. The Morgan fingerprint density at radius 2 is 2.04 bits per heavy atom. The number of aromatic nitrogens is 4. The van der Waals surface area contributed by atoms with Crippen LogP contribution < -0.4 is 4.74 Å². The number of thioether (sulfide) groups is 1. The van der Waals surface area contributed by atoms with Crippen LogP contribution in [0.4, 0.5) is 0 Å². The standard InChI is InChI=1S/C16H15BrN4OS/c1-12-5-2-3-8-15(12)21-16(18-19-20-21)23-10-9-22-14-7-4-6-13(17)11-14/h2-8,11H,9-10H2,1H3. The maximum Gasteiger partial charge on any atom is 0.214 e. The van der Waals surface area contributed by atoms with Crippen molar-refractivity contribution in [1.29, 1.82) is 0 Å². The first-order chi connectivity index (χ1) is 11.2. The summed E-state index contributed by atoms with van der Waals surface area (Å²) in [6.07, 6.45) is 0. The lowest BCUT2D eigenvalue weighted by molar-refractivity contribution is 0.343. The van der Waals surface area contributed by atoms with Crippen LogP contribution in [0.2, 0.25) is 0 Å². The number of benzene rings is 2. The monoisotopic (exact) mass is 390 g/mol. The molecule has 0 saturated carbocycles. The molecule has 7 heteroatoms. The number of tetrazole rings is 1. The molecule has 5 nitrogen and oxygen atoms in total. The number of nitrogens with zero attached hydrogens (tertiary/aromatic N) is 4. The van der Waals surface area contributed by atoms with E-state index in [1.807, 2.05) is 55.5 Å². The number of hydrogen-bond acceptors (Lipinski definition) is 5. The van der Waals surface area contributed by atoms with Crippen LogP contribution in [0, 0.1) is 6.92 Å². The summed E-state index contributed by atoms with van der Waals surface area (Å²) in [5, 5.41) is 12.7. The van der Waals surface area contributed by atoms with Crippen LogP contribution in [0.25, 0.3) is 5.69 Å². The predicted octanol–water partition coefficient (Wildman–Crippen LogP) is 3.90. The van der Waals surface area contributed by atoms with Gasteiger partial charge in [0.2, 0.25) is 5.16 Å². The lowest BCUT2D eigenvalue weighted by atomic mass is 10.2. The molecular formula is C16H15BrN4OS. The third-order valence-corrected chi connectivity index (χ3v) is 4.54. The summed E-state index contributed by atoms with van der Waals surface area (Å²) in [6.45, 7) is 2.63. The average Bonchev–Trinajstić information content (AvgIpc) is 3.00. The minimum atomic E-state index is 0.585. The van der Waals surface area contributed by atoms with E-state index < -0.39 is 0 Å². The molecule has 0 amide bonds. The fourth-order valence-corrected chi connectivity index (χ4v) is 3.15. The molecular weight excluding hydrogens is 376 g/mol. The molecule has 0 spiro atoms. The van der Waals surface area contributed by atoms with E-state index in [2.05, 4.69) is 31.5 Å². The van der Waals surface area contributed by atoms with Crippen LogP contribution >= 0.6 is 27.7 Å². The van der Waals surface area contributed by atoms with Gasteiger partial charge in [0.15, 0.2) is 0 Å². The zero-order valence-electron chi connectivity index (χ0n) is 12.5. The lowest BCUT2D eigenvalue weighted by Gasteiger charge is -2.08. The molecule has 0 saturated heterocycles. The van der Waals surface area contributed by atoms with Crippen LogP contribution in [-0.2, 0) is 0 Å². The summed E-state index contributed by atoms with van der Waals surface area (Å²) in [4.78, 5) is 0. The molecule has 1 aromatic heterocycles. The second kappa shape index (κ2) is 7.61. The smallest absolute Gasteiger partial charge is 0.214 e. The highest BCUT2D eigenvalue weighted by molar-refractivity contribution is 9.10. The molecule has 0 aliphatic heterocycles. The van der Waals surface area contributed by atoms with Gasteiger partial charge in [0.1, 0.15) is 5.75 Å². The SMILES string of the molecule is Cc1ccccc1-n1nnnc1SCCOc1cccc(Br)c1. The summed E-state index contributed by atoms with van der Waals surface area (Å²) in [6, 6.07) is 15.8. The van der Waals surface area contributed by atoms with Crippen molar-refractivity contribution in [1.82, 2.24) is 20.2 Å². The Balaban J connectivity index is 1.60. The van der Waals surface area contributed by atoms with E-state index in [1.54, 1.807) is 16.4 Å². The molecule has 3 rings (SSSR count). The summed E-state index contributed by atoms with van der Waals surface area (Å²) < 4.78 is 8.49. The van der Waals surface area contributed by atoms with Gasteiger partial charge in [0, 0.05) is 10.2 Å². The van der Waals surface area contributed by atoms with E-state index >= 15 is 0 Å². The van der Waals surface area contributed by atoms with Crippen LogP contribution in [0.3, 0.4) is 0 Å². The molecule has 0 radical (unpaired) electrons. The Kier molecular flexibility index (Phi) is 5.30. The van der Waals surface area contributed by atoms with Gasteiger partial charge >= 0.3 is 0 Å². The number of para-hydroxylation sites is 1. The van der Waals surface area contributed by atoms with Gasteiger partial charge in [-0.15, -0.1) is 5.10 Å². The number of aryl methyl sites for hydroxylation is 1. The zero-order valence-corrected chi connectivity index (χ0v) is 14.9. The molecule has 0 N–H and O–H groups in total. The number of rotatable bonds is 6. The Labute approximate surface area is 147 Å². The molecule has 118 valence electrons. The maximum atomic E-state index is 5.73. The molecule has 0 bridgehead atoms. The second-order valence-corrected chi connectivity index (χ2v) is 6.79. The quantitative estimate of drug-likeness (QED) is 0.471. The highest BCUT2D eigenvalue weighted by Gasteiger charge is 2.10. The molecule has 23 heavy (non-hydrogen) atoms. The van der Waals surface area contributed by atoms with Crippen molar-refractivity contribution in [2.45, 2.75) is 12.1 Å². The molecule has 0 aliphatic carbocycles. The van der Waals surface area contributed by atoms with Gasteiger partial charge in [-0.1, -0.05) is 52.0 Å². The maximum absolute atomic E-state index is 5.73. The Hall–Kier alpha value is -1.86. The Bertz CT molecular complexity index is 793.